The Balaban J connectivity index is -0.00000000500. The summed E-state index contributed by atoms with van der Waals surface area (Å²) in [4.78, 5) is 0. The van der Waals surface area contributed by atoms with Gasteiger partial charge >= 0.3 is 24.3 Å². The molecule has 0 heterocycles. The third-order valence-corrected chi connectivity index (χ3v) is 0. The zero-order chi connectivity index (χ0) is 2.00. The van der Waals surface area contributed by atoms with Crippen LogP contribution in [0.15, 0.2) is 0 Å². The van der Waals surface area contributed by atoms with Crippen LogP contribution in [-0.2, 0) is 46.7 Å². The van der Waals surface area contributed by atoms with Gasteiger partial charge in [0.1, 0.15) is 0 Å². The van der Waals surface area contributed by atoms with Crippen LogP contribution >= 0.6 is 0 Å². The first-order chi connectivity index (χ1) is 1.00. The van der Waals surface area contributed by atoms with Crippen molar-refractivity contribution in [2.24, 2.45) is 0 Å². The molecule has 0 aliphatic rings. The Bertz CT molecular complexity index is 8.00. The van der Waals surface area contributed by atoms with Crippen molar-refractivity contribution >= 4 is 11.0 Å². The fraction of sp³-hybridized carbons (Fsp3) is 0. The van der Waals surface area contributed by atoms with Gasteiger partial charge in [-0.2, -0.15) is 0 Å². The number of hydrogen-bond acceptors (Lipinski definition) is 1. The van der Waals surface area contributed by atoms with Gasteiger partial charge in [0.05, 0.1) is 0 Å². The van der Waals surface area contributed by atoms with Gasteiger partial charge in [-0.25, -0.2) is 0 Å². The Labute approximate surface area is 57.3 Å². The van der Waals surface area contributed by atoms with E-state index in [0.29, 0.717) is 21.0 Å². The van der Waals surface area contributed by atoms with Crippen LogP contribution in [-0.4, -0.2) is 11.0 Å². The first kappa shape index (κ1) is 17.8. The monoisotopic (exact) mass is 321 g/mol. The van der Waals surface area contributed by atoms with Gasteiger partial charge in [0.25, 0.3) is 0 Å². The van der Waals surface area contributed by atoms with E-state index in [4.69, 9.17) is 3.25 Å². The Morgan fingerprint density at radius 3 is 1.25 bits per heavy atom. The maximum atomic E-state index is 8.30. The quantitative estimate of drug-likeness (QED) is 0.507. The van der Waals surface area contributed by atoms with Crippen molar-refractivity contribution in [1.29, 1.82) is 0 Å². The third-order valence-electron chi connectivity index (χ3n) is 0. The fourth-order valence-corrected chi connectivity index (χ4v) is 0. The van der Waals surface area contributed by atoms with E-state index in [-0.39, 0.29) is 33.3 Å². The number of rotatable bonds is 0. The van der Waals surface area contributed by atoms with E-state index in [2.05, 4.69) is 0 Å². The summed E-state index contributed by atoms with van der Waals surface area (Å²) in [5.41, 5.74) is 0. The Hall–Kier alpha value is 1.50. The van der Waals surface area contributed by atoms with Crippen LogP contribution in [0.3, 0.4) is 0 Å². The molecule has 0 aliphatic carbocycles. The van der Waals surface area contributed by atoms with Crippen LogP contribution in [0.25, 0.3) is 0 Å². The summed E-state index contributed by atoms with van der Waals surface area (Å²) in [6.45, 7) is 0. The van der Waals surface area contributed by atoms with Gasteiger partial charge in [0.15, 0.2) is 0 Å². The molecule has 0 rings (SSSR count). The normalized spacial score (nSPS) is 0.750. The molecule has 0 aromatic rings. The largest absolute Gasteiger partial charge is 0.0125 e. The SMILES string of the molecule is [O]=[Nb].[SiH3].[Ta]. The molecular formula is H3NbOSiTa. The second kappa shape index (κ2) is 24.5. The summed E-state index contributed by atoms with van der Waals surface area (Å²) < 4.78 is 8.30. The van der Waals surface area contributed by atoms with E-state index >= 15 is 0 Å². The molecule has 0 saturated heterocycles. The van der Waals surface area contributed by atoms with E-state index in [9.17, 15) is 0 Å². The van der Waals surface area contributed by atoms with E-state index in [0.717, 1.165) is 0 Å². The van der Waals surface area contributed by atoms with Gasteiger partial charge in [-0.05, 0) is 11.0 Å². The molecule has 2 radical (unpaired) electrons. The Morgan fingerprint density at radius 1 is 1.25 bits per heavy atom. The van der Waals surface area contributed by atoms with Crippen molar-refractivity contribution in [3.05, 3.63) is 0 Å². The summed E-state index contributed by atoms with van der Waals surface area (Å²) in [5, 5.41) is 0. The molecule has 1 nitrogen and oxygen atoms in total. The molecule has 4 heteroatoms. The van der Waals surface area contributed by atoms with Crippen LogP contribution < -0.4 is 0 Å². The van der Waals surface area contributed by atoms with E-state index in [1.165, 1.54) is 0 Å². The molecule has 0 fully saturated rings. The minimum atomic E-state index is 0. The Morgan fingerprint density at radius 2 is 1.25 bits per heavy atom. The van der Waals surface area contributed by atoms with Gasteiger partial charge in [-0.3, -0.25) is 0 Å². The van der Waals surface area contributed by atoms with Crippen molar-refractivity contribution in [3.63, 3.8) is 0 Å². The maximum absolute atomic E-state index is 8.30. The minimum absolute atomic E-state index is 0. The summed E-state index contributed by atoms with van der Waals surface area (Å²) in [6, 6.07) is 0. The molecule has 0 atom stereocenters. The maximum Gasteiger partial charge on any atom is 0 e. The molecule has 0 amide bonds. The molecule has 0 N–H and O–H groups in total. The molecule has 0 spiro atoms. The van der Waals surface area contributed by atoms with Crippen molar-refractivity contribution < 1.29 is 46.7 Å². The van der Waals surface area contributed by atoms with Gasteiger partial charge in [0.2, 0.25) is 0 Å². The summed E-state index contributed by atoms with van der Waals surface area (Å²) in [7, 11) is 0. The first-order valence-electron chi connectivity index (χ1n) is 0.183. The molecule has 0 unspecified atom stereocenters. The van der Waals surface area contributed by atoms with Gasteiger partial charge in [-0.15, -0.1) is 0 Å². The molecular weight excluding hydrogens is 318 g/mol. The van der Waals surface area contributed by atoms with Crippen molar-refractivity contribution in [3.8, 4) is 0 Å². The topological polar surface area (TPSA) is 17.1 Å². The van der Waals surface area contributed by atoms with Crippen LogP contribution in [0.4, 0.5) is 0 Å². The van der Waals surface area contributed by atoms with E-state index in [1.807, 2.05) is 0 Å². The number of hydrogen-bond donors (Lipinski definition) is 0. The van der Waals surface area contributed by atoms with E-state index in [1.54, 1.807) is 0 Å². The van der Waals surface area contributed by atoms with Crippen molar-refractivity contribution in [2.75, 3.05) is 0 Å². The third kappa shape index (κ3) is 9.73. The fourth-order valence-electron chi connectivity index (χ4n) is 0. The van der Waals surface area contributed by atoms with Crippen molar-refractivity contribution in [2.45, 2.75) is 0 Å². The molecule has 0 bridgehead atoms. The smallest absolute Gasteiger partial charge is 0 e. The van der Waals surface area contributed by atoms with Gasteiger partial charge in [-0.1, -0.05) is 0 Å². The second-order valence-electron chi connectivity index (χ2n) is 0. The first-order valence-corrected chi connectivity index (χ1v) is 1.08. The zero-order valence-electron chi connectivity index (χ0n) is 2.30. The summed E-state index contributed by atoms with van der Waals surface area (Å²) in [6.07, 6.45) is 0. The minimum Gasteiger partial charge on any atom is -0.0125 e. The van der Waals surface area contributed by atoms with Gasteiger partial charge < -0.3 is 0 Å². The average Bonchev–Trinajstić information content (AvgIpc) is 1.00. The van der Waals surface area contributed by atoms with Crippen molar-refractivity contribution in [1.82, 2.24) is 0 Å². The summed E-state index contributed by atoms with van der Waals surface area (Å²) >= 11 is 0.500. The second-order valence-corrected chi connectivity index (χ2v) is 0. The Kier molecular flexibility index (Phi) is 109. The predicted molar refractivity (Wildman–Crippen MR) is 10.6 cm³/mol. The summed E-state index contributed by atoms with van der Waals surface area (Å²) in [5.74, 6) is 0. The molecule has 0 aromatic heterocycles. The average molecular weight is 321 g/mol. The molecule has 0 saturated carbocycles. The van der Waals surface area contributed by atoms with Gasteiger partial charge in [0, 0.05) is 22.4 Å². The van der Waals surface area contributed by atoms with Crippen LogP contribution in [0.1, 0.15) is 0 Å². The van der Waals surface area contributed by atoms with Crippen LogP contribution in [0.5, 0.6) is 0 Å². The van der Waals surface area contributed by atoms with Crippen LogP contribution in [0.2, 0.25) is 0 Å². The van der Waals surface area contributed by atoms with E-state index < -0.39 is 0 Å². The molecule has 23 valence electrons. The standard InChI is InChI=1S/Nb.O.H3Si.Ta/h;;1H3;. The predicted octanol–water partition coefficient (Wildman–Crippen LogP) is -1.31. The molecule has 0 aromatic carbocycles. The van der Waals surface area contributed by atoms with Crippen LogP contribution in [0, 0.1) is 0 Å². The zero-order valence-corrected chi connectivity index (χ0v) is 9.71. The molecule has 0 aliphatic heterocycles. The molecule has 4 heavy (non-hydrogen) atoms.